The zero-order valence-electron chi connectivity index (χ0n) is 12.7. The zero-order chi connectivity index (χ0) is 15.5. The number of aromatic nitrogens is 3. The third-order valence-corrected chi connectivity index (χ3v) is 3.64. The number of aryl methyl sites for hydroxylation is 1. The van der Waals surface area contributed by atoms with Crippen LogP contribution >= 0.6 is 0 Å². The van der Waals surface area contributed by atoms with Gasteiger partial charge < -0.3 is 10.5 Å². The van der Waals surface area contributed by atoms with Crippen LogP contribution in [0.25, 0.3) is 11.1 Å². The number of nitrogens with two attached hydrogens (primary N) is 1. The molecule has 0 amide bonds. The van der Waals surface area contributed by atoms with Gasteiger partial charge in [0.05, 0.1) is 13.3 Å². The third kappa shape index (κ3) is 2.79. The maximum Gasteiger partial charge on any atom is 0.127 e. The molecule has 22 heavy (non-hydrogen) atoms. The van der Waals surface area contributed by atoms with Crippen LogP contribution in [0, 0.1) is 0 Å². The molecule has 0 bridgehead atoms. The minimum Gasteiger partial charge on any atom is -0.497 e. The van der Waals surface area contributed by atoms with Gasteiger partial charge in [-0.05, 0) is 29.3 Å². The maximum absolute atomic E-state index is 6.11. The fraction of sp³-hybridized carbons (Fsp3) is 0.176. The van der Waals surface area contributed by atoms with Gasteiger partial charge in [0.1, 0.15) is 11.6 Å². The van der Waals surface area contributed by atoms with Crippen molar-refractivity contribution in [3.05, 3.63) is 60.0 Å². The number of methoxy groups -OCH3 is 1. The largest absolute Gasteiger partial charge is 0.497 e. The number of pyridine rings is 1. The number of ether oxygens (including phenoxy) is 1. The summed E-state index contributed by atoms with van der Waals surface area (Å²) < 4.78 is 6.97. The predicted molar refractivity (Wildman–Crippen MR) is 86.7 cm³/mol. The van der Waals surface area contributed by atoms with Gasteiger partial charge in [-0.3, -0.25) is 4.68 Å². The molecule has 0 fully saturated rings. The first-order chi connectivity index (χ1) is 10.7. The molecule has 5 nitrogen and oxygen atoms in total. The lowest BCUT2D eigenvalue weighted by molar-refractivity contribution is 0.414. The number of rotatable bonds is 4. The Hall–Kier alpha value is -2.82. The molecule has 2 aromatic heterocycles. The molecule has 3 aromatic rings. The van der Waals surface area contributed by atoms with Crippen LogP contribution in [0.1, 0.15) is 11.1 Å². The lowest BCUT2D eigenvalue weighted by Gasteiger charge is -2.11. The van der Waals surface area contributed by atoms with Crippen molar-refractivity contribution in [2.75, 3.05) is 12.8 Å². The molecule has 5 heteroatoms. The van der Waals surface area contributed by atoms with Crippen molar-refractivity contribution < 1.29 is 4.74 Å². The Morgan fingerprint density at radius 1 is 1.18 bits per heavy atom. The molecule has 112 valence electrons. The number of nitrogens with zero attached hydrogens (tertiary/aromatic N) is 3. The summed E-state index contributed by atoms with van der Waals surface area (Å²) in [5, 5.41) is 4.23. The standard InChI is InChI=1S/C17H18N4O/c1-21-11-13(10-20-21)15-7-8-19-17(18)16(15)9-12-3-5-14(22-2)6-4-12/h3-8,10-11H,9H2,1-2H3,(H2,18,19). The summed E-state index contributed by atoms with van der Waals surface area (Å²) in [6, 6.07) is 9.96. The number of nitrogen functional groups attached to an aromatic ring is 1. The summed E-state index contributed by atoms with van der Waals surface area (Å²) >= 11 is 0. The van der Waals surface area contributed by atoms with E-state index in [1.807, 2.05) is 49.8 Å². The fourth-order valence-corrected chi connectivity index (χ4v) is 2.47. The Morgan fingerprint density at radius 2 is 1.95 bits per heavy atom. The molecule has 0 aliphatic carbocycles. The second-order valence-corrected chi connectivity index (χ2v) is 5.15. The Labute approximate surface area is 129 Å². The first kappa shape index (κ1) is 14.1. The number of hydrogen-bond donors (Lipinski definition) is 1. The SMILES string of the molecule is COc1ccc(Cc2c(-c3cnn(C)c3)ccnc2N)cc1. The van der Waals surface area contributed by atoms with E-state index in [9.17, 15) is 0 Å². The van der Waals surface area contributed by atoms with E-state index in [2.05, 4.69) is 10.1 Å². The van der Waals surface area contributed by atoms with Crippen molar-refractivity contribution in [1.29, 1.82) is 0 Å². The summed E-state index contributed by atoms with van der Waals surface area (Å²) in [6.45, 7) is 0. The quantitative estimate of drug-likeness (QED) is 0.803. The highest BCUT2D eigenvalue weighted by molar-refractivity contribution is 5.71. The molecule has 3 rings (SSSR count). The van der Waals surface area contributed by atoms with Crippen molar-refractivity contribution >= 4 is 5.82 Å². The highest BCUT2D eigenvalue weighted by atomic mass is 16.5. The minimum absolute atomic E-state index is 0.553. The van der Waals surface area contributed by atoms with Crippen LogP contribution in [0.4, 0.5) is 5.82 Å². The molecule has 0 atom stereocenters. The van der Waals surface area contributed by atoms with Gasteiger partial charge >= 0.3 is 0 Å². The summed E-state index contributed by atoms with van der Waals surface area (Å²) in [7, 11) is 3.56. The Kier molecular flexibility index (Phi) is 3.78. The van der Waals surface area contributed by atoms with Crippen LogP contribution in [0.5, 0.6) is 5.75 Å². The smallest absolute Gasteiger partial charge is 0.127 e. The molecular formula is C17H18N4O. The predicted octanol–water partition coefficient (Wildman–Crippen LogP) is 2.66. The van der Waals surface area contributed by atoms with Crippen molar-refractivity contribution in [2.45, 2.75) is 6.42 Å². The fourth-order valence-electron chi connectivity index (χ4n) is 2.47. The lowest BCUT2D eigenvalue weighted by Crippen LogP contribution is -2.01. The highest BCUT2D eigenvalue weighted by Crippen LogP contribution is 2.28. The summed E-state index contributed by atoms with van der Waals surface area (Å²) in [6.07, 6.45) is 6.27. The molecule has 2 N–H and O–H groups in total. The first-order valence-corrected chi connectivity index (χ1v) is 7.02. The van der Waals surface area contributed by atoms with Gasteiger partial charge in [-0.15, -0.1) is 0 Å². The van der Waals surface area contributed by atoms with Crippen molar-refractivity contribution in [1.82, 2.24) is 14.8 Å². The lowest BCUT2D eigenvalue weighted by atomic mass is 9.97. The Balaban J connectivity index is 1.98. The molecular weight excluding hydrogens is 276 g/mol. The molecule has 0 saturated carbocycles. The molecule has 0 saturated heterocycles. The average Bonchev–Trinajstić information content (AvgIpc) is 2.96. The van der Waals surface area contributed by atoms with Crippen molar-refractivity contribution in [3.63, 3.8) is 0 Å². The number of benzene rings is 1. The Bertz CT molecular complexity index is 778. The summed E-state index contributed by atoms with van der Waals surface area (Å²) in [5.74, 6) is 1.40. The van der Waals surface area contributed by atoms with E-state index in [1.165, 1.54) is 0 Å². The van der Waals surface area contributed by atoms with Crippen molar-refractivity contribution in [3.8, 4) is 16.9 Å². The van der Waals surface area contributed by atoms with Crippen LogP contribution in [0.3, 0.4) is 0 Å². The van der Waals surface area contributed by atoms with Gasteiger partial charge in [0, 0.05) is 37.0 Å². The highest BCUT2D eigenvalue weighted by Gasteiger charge is 2.12. The van der Waals surface area contributed by atoms with Crippen LogP contribution in [0.2, 0.25) is 0 Å². The number of anilines is 1. The second kappa shape index (κ2) is 5.89. The van der Waals surface area contributed by atoms with Gasteiger partial charge in [-0.2, -0.15) is 5.10 Å². The van der Waals surface area contributed by atoms with E-state index < -0.39 is 0 Å². The van der Waals surface area contributed by atoms with Gasteiger partial charge in [0.15, 0.2) is 0 Å². The maximum atomic E-state index is 6.11. The molecule has 0 aliphatic rings. The zero-order valence-corrected chi connectivity index (χ0v) is 12.7. The molecule has 0 aliphatic heterocycles. The van der Waals surface area contributed by atoms with Crippen LogP contribution in [0.15, 0.2) is 48.9 Å². The molecule has 0 unspecified atom stereocenters. The van der Waals surface area contributed by atoms with Crippen molar-refractivity contribution in [2.24, 2.45) is 7.05 Å². The van der Waals surface area contributed by atoms with Crippen LogP contribution in [-0.4, -0.2) is 21.9 Å². The molecule has 2 heterocycles. The van der Waals surface area contributed by atoms with Crippen LogP contribution in [-0.2, 0) is 13.5 Å². The van der Waals surface area contributed by atoms with E-state index >= 15 is 0 Å². The van der Waals surface area contributed by atoms with E-state index in [0.29, 0.717) is 12.2 Å². The number of hydrogen-bond acceptors (Lipinski definition) is 4. The van der Waals surface area contributed by atoms with Gasteiger partial charge in [0.2, 0.25) is 0 Å². The minimum atomic E-state index is 0.553. The topological polar surface area (TPSA) is 66.0 Å². The van der Waals surface area contributed by atoms with E-state index in [1.54, 1.807) is 18.0 Å². The molecule has 0 radical (unpaired) electrons. The monoisotopic (exact) mass is 294 g/mol. The third-order valence-electron chi connectivity index (χ3n) is 3.64. The van der Waals surface area contributed by atoms with Gasteiger partial charge in [-0.25, -0.2) is 4.98 Å². The van der Waals surface area contributed by atoms with E-state index in [4.69, 9.17) is 10.5 Å². The average molecular weight is 294 g/mol. The van der Waals surface area contributed by atoms with E-state index in [-0.39, 0.29) is 0 Å². The molecule has 0 spiro atoms. The summed E-state index contributed by atoms with van der Waals surface area (Å²) in [4.78, 5) is 4.23. The van der Waals surface area contributed by atoms with Gasteiger partial charge in [0.25, 0.3) is 0 Å². The Morgan fingerprint density at radius 3 is 2.59 bits per heavy atom. The first-order valence-electron chi connectivity index (χ1n) is 7.02. The molecule has 1 aromatic carbocycles. The normalized spacial score (nSPS) is 10.6. The van der Waals surface area contributed by atoms with Gasteiger partial charge in [-0.1, -0.05) is 12.1 Å². The second-order valence-electron chi connectivity index (χ2n) is 5.15. The van der Waals surface area contributed by atoms with E-state index in [0.717, 1.165) is 28.0 Å². The summed E-state index contributed by atoms with van der Waals surface area (Å²) in [5.41, 5.74) is 10.4. The van der Waals surface area contributed by atoms with Crippen LogP contribution < -0.4 is 10.5 Å².